The van der Waals surface area contributed by atoms with Crippen molar-refractivity contribution < 1.29 is 14.6 Å². The van der Waals surface area contributed by atoms with Crippen LogP contribution in [-0.2, 0) is 4.79 Å². The number of hydrogen-bond acceptors (Lipinski definition) is 5. The molecule has 94 valence electrons. The normalized spacial score (nSPS) is 12.2. The van der Waals surface area contributed by atoms with Gasteiger partial charge < -0.3 is 15.2 Å². The van der Waals surface area contributed by atoms with Crippen LogP contribution in [0, 0.1) is 5.92 Å². The minimum atomic E-state index is -0.836. The summed E-state index contributed by atoms with van der Waals surface area (Å²) >= 11 is 0. The van der Waals surface area contributed by atoms with Crippen LogP contribution in [0.4, 0.5) is 5.82 Å². The molecule has 1 aromatic heterocycles. The zero-order chi connectivity index (χ0) is 12.8. The standard InChI is InChI=1S/C11H17N3O3/c1-7(2)8(4-11(15)16)14-9-5-10(17-3)13-6-12-9/h5-8H,4H2,1-3H3,(H,15,16)(H,12,13,14). The van der Waals surface area contributed by atoms with Crippen molar-refractivity contribution in [3.63, 3.8) is 0 Å². The van der Waals surface area contributed by atoms with E-state index in [0.717, 1.165) is 0 Å². The number of methoxy groups -OCH3 is 1. The Morgan fingerprint density at radius 1 is 1.53 bits per heavy atom. The van der Waals surface area contributed by atoms with Crippen LogP contribution in [0.2, 0.25) is 0 Å². The average molecular weight is 239 g/mol. The van der Waals surface area contributed by atoms with Gasteiger partial charge in [0.1, 0.15) is 12.1 Å². The summed E-state index contributed by atoms with van der Waals surface area (Å²) < 4.78 is 4.97. The van der Waals surface area contributed by atoms with Crippen LogP contribution in [0.15, 0.2) is 12.4 Å². The molecule has 1 heterocycles. The van der Waals surface area contributed by atoms with Gasteiger partial charge in [0.15, 0.2) is 0 Å². The topological polar surface area (TPSA) is 84.3 Å². The van der Waals surface area contributed by atoms with Gasteiger partial charge >= 0.3 is 5.97 Å². The first-order valence-corrected chi connectivity index (χ1v) is 5.37. The van der Waals surface area contributed by atoms with Crippen LogP contribution >= 0.6 is 0 Å². The fourth-order valence-corrected chi connectivity index (χ4v) is 1.36. The summed E-state index contributed by atoms with van der Waals surface area (Å²) in [5.74, 6) is 0.362. The van der Waals surface area contributed by atoms with Crippen LogP contribution < -0.4 is 10.1 Å². The molecule has 0 spiro atoms. The van der Waals surface area contributed by atoms with Gasteiger partial charge in [-0.25, -0.2) is 9.97 Å². The van der Waals surface area contributed by atoms with Crippen LogP contribution in [-0.4, -0.2) is 34.2 Å². The number of hydrogen-bond donors (Lipinski definition) is 2. The van der Waals surface area contributed by atoms with E-state index in [2.05, 4.69) is 15.3 Å². The van der Waals surface area contributed by atoms with Gasteiger partial charge in [0.05, 0.1) is 13.5 Å². The molecule has 17 heavy (non-hydrogen) atoms. The Morgan fingerprint density at radius 3 is 2.76 bits per heavy atom. The molecule has 1 atom stereocenters. The smallest absolute Gasteiger partial charge is 0.305 e. The highest BCUT2D eigenvalue weighted by Gasteiger charge is 2.17. The molecule has 6 nitrogen and oxygen atoms in total. The maximum atomic E-state index is 10.7. The number of aromatic nitrogens is 2. The fourth-order valence-electron chi connectivity index (χ4n) is 1.36. The average Bonchev–Trinajstić information content (AvgIpc) is 2.27. The van der Waals surface area contributed by atoms with E-state index in [-0.39, 0.29) is 18.4 Å². The summed E-state index contributed by atoms with van der Waals surface area (Å²) in [4.78, 5) is 18.6. The number of carboxylic acid groups (broad SMARTS) is 1. The van der Waals surface area contributed by atoms with E-state index < -0.39 is 5.97 Å². The summed E-state index contributed by atoms with van der Waals surface area (Å²) in [6, 6.07) is 1.46. The number of rotatable bonds is 6. The molecule has 1 aromatic rings. The Balaban J connectivity index is 2.74. The lowest BCUT2D eigenvalue weighted by Crippen LogP contribution is -2.29. The first-order valence-electron chi connectivity index (χ1n) is 5.37. The van der Waals surface area contributed by atoms with E-state index in [1.54, 1.807) is 6.07 Å². The van der Waals surface area contributed by atoms with Crippen molar-refractivity contribution in [2.24, 2.45) is 5.92 Å². The summed E-state index contributed by atoms with van der Waals surface area (Å²) in [6.07, 6.45) is 1.42. The Hall–Kier alpha value is -1.85. The Bertz CT molecular complexity index is 382. The summed E-state index contributed by atoms with van der Waals surface area (Å²) in [5.41, 5.74) is 0. The number of nitrogens with one attached hydrogen (secondary N) is 1. The molecule has 0 amide bonds. The van der Waals surface area contributed by atoms with E-state index in [4.69, 9.17) is 9.84 Å². The lowest BCUT2D eigenvalue weighted by Gasteiger charge is -2.21. The molecule has 0 saturated carbocycles. The molecule has 0 saturated heterocycles. The summed E-state index contributed by atoms with van der Waals surface area (Å²) in [5, 5.41) is 11.9. The zero-order valence-corrected chi connectivity index (χ0v) is 10.2. The molecule has 1 unspecified atom stereocenters. The highest BCUT2D eigenvalue weighted by molar-refractivity contribution is 5.68. The summed E-state index contributed by atoms with van der Waals surface area (Å²) in [6.45, 7) is 3.91. The summed E-state index contributed by atoms with van der Waals surface area (Å²) in [7, 11) is 1.52. The third-order valence-corrected chi connectivity index (χ3v) is 2.38. The van der Waals surface area contributed by atoms with Crippen LogP contribution in [0.1, 0.15) is 20.3 Å². The lowest BCUT2D eigenvalue weighted by atomic mass is 10.0. The molecule has 1 rings (SSSR count). The molecule has 0 bridgehead atoms. The Morgan fingerprint density at radius 2 is 2.24 bits per heavy atom. The minimum Gasteiger partial charge on any atom is -0.481 e. The van der Waals surface area contributed by atoms with Crippen molar-refractivity contribution in [2.45, 2.75) is 26.3 Å². The second-order valence-corrected chi connectivity index (χ2v) is 4.04. The fraction of sp³-hybridized carbons (Fsp3) is 0.545. The van der Waals surface area contributed by atoms with Crippen LogP contribution in [0.3, 0.4) is 0 Å². The Kier molecular flexibility index (Phi) is 4.68. The van der Waals surface area contributed by atoms with Gasteiger partial charge in [-0.15, -0.1) is 0 Å². The first-order chi connectivity index (χ1) is 8.02. The first kappa shape index (κ1) is 13.2. The van der Waals surface area contributed by atoms with Gasteiger partial charge in [0.25, 0.3) is 0 Å². The Labute approximate surface area is 100 Å². The molecule has 0 fully saturated rings. The van der Waals surface area contributed by atoms with E-state index in [0.29, 0.717) is 11.7 Å². The van der Waals surface area contributed by atoms with Gasteiger partial charge in [0.2, 0.25) is 5.88 Å². The molecule has 0 aliphatic heterocycles. The maximum Gasteiger partial charge on any atom is 0.305 e. The molecule has 2 N–H and O–H groups in total. The van der Waals surface area contributed by atoms with Gasteiger partial charge in [-0.3, -0.25) is 4.79 Å². The highest BCUT2D eigenvalue weighted by Crippen LogP contribution is 2.16. The molecule has 0 aliphatic carbocycles. The predicted octanol–water partition coefficient (Wildman–Crippen LogP) is 1.40. The van der Waals surface area contributed by atoms with E-state index in [1.807, 2.05) is 13.8 Å². The van der Waals surface area contributed by atoms with Crippen molar-refractivity contribution in [3.05, 3.63) is 12.4 Å². The lowest BCUT2D eigenvalue weighted by molar-refractivity contribution is -0.137. The second-order valence-electron chi connectivity index (χ2n) is 4.04. The minimum absolute atomic E-state index is 0.0456. The van der Waals surface area contributed by atoms with Crippen molar-refractivity contribution in [3.8, 4) is 5.88 Å². The van der Waals surface area contributed by atoms with Gasteiger partial charge in [-0.1, -0.05) is 13.8 Å². The quantitative estimate of drug-likeness (QED) is 0.780. The monoisotopic (exact) mass is 239 g/mol. The van der Waals surface area contributed by atoms with Crippen molar-refractivity contribution in [1.82, 2.24) is 9.97 Å². The van der Waals surface area contributed by atoms with E-state index >= 15 is 0 Å². The maximum absolute atomic E-state index is 10.7. The number of carbonyl (C=O) groups is 1. The molecule has 0 radical (unpaired) electrons. The third-order valence-electron chi connectivity index (χ3n) is 2.38. The van der Waals surface area contributed by atoms with Crippen LogP contribution in [0.25, 0.3) is 0 Å². The number of nitrogens with zero attached hydrogens (tertiary/aromatic N) is 2. The molecule has 0 aliphatic rings. The molecular weight excluding hydrogens is 222 g/mol. The van der Waals surface area contributed by atoms with Gasteiger partial charge in [-0.05, 0) is 5.92 Å². The van der Waals surface area contributed by atoms with E-state index in [1.165, 1.54) is 13.4 Å². The van der Waals surface area contributed by atoms with E-state index in [9.17, 15) is 4.79 Å². The van der Waals surface area contributed by atoms with Gasteiger partial charge in [-0.2, -0.15) is 0 Å². The van der Waals surface area contributed by atoms with Gasteiger partial charge in [0, 0.05) is 12.1 Å². The second kappa shape index (κ2) is 6.03. The highest BCUT2D eigenvalue weighted by atomic mass is 16.5. The number of ether oxygens (including phenoxy) is 1. The zero-order valence-electron chi connectivity index (χ0n) is 10.2. The van der Waals surface area contributed by atoms with Crippen molar-refractivity contribution in [1.29, 1.82) is 0 Å². The van der Waals surface area contributed by atoms with Crippen molar-refractivity contribution >= 4 is 11.8 Å². The van der Waals surface area contributed by atoms with Crippen molar-refractivity contribution in [2.75, 3.05) is 12.4 Å². The predicted molar refractivity (Wildman–Crippen MR) is 63.1 cm³/mol. The number of aliphatic carboxylic acids is 1. The largest absolute Gasteiger partial charge is 0.481 e. The SMILES string of the molecule is COc1cc(NC(CC(=O)O)C(C)C)ncn1. The number of carboxylic acids is 1. The molecular formula is C11H17N3O3. The molecule has 6 heteroatoms. The molecule has 0 aromatic carbocycles. The third kappa shape index (κ3) is 4.26. The van der Waals surface area contributed by atoms with Crippen LogP contribution in [0.5, 0.6) is 5.88 Å². The number of anilines is 1.